The largest absolute Gasteiger partial charge is 0.456 e. The number of nitrogens with one attached hydrogen (secondary N) is 1. The second-order valence-corrected chi connectivity index (χ2v) is 9.86. The molecule has 0 aliphatic carbocycles. The summed E-state index contributed by atoms with van der Waals surface area (Å²) >= 11 is 0. The summed E-state index contributed by atoms with van der Waals surface area (Å²) in [4.78, 5) is 38.3. The minimum Gasteiger partial charge on any atom is -0.456 e. The monoisotopic (exact) mass is 470 g/mol. The van der Waals surface area contributed by atoms with Crippen molar-refractivity contribution in [1.29, 1.82) is 0 Å². The van der Waals surface area contributed by atoms with E-state index < -0.39 is 57.5 Å². The maximum Gasteiger partial charge on any atom is 0.375 e. The van der Waals surface area contributed by atoms with Gasteiger partial charge in [0.1, 0.15) is 11.8 Å². The number of aromatic nitrogens is 2. The number of halogens is 1. The van der Waals surface area contributed by atoms with Crippen LogP contribution in [0.15, 0.2) is 51.0 Å². The Labute approximate surface area is 183 Å². The van der Waals surface area contributed by atoms with Gasteiger partial charge in [-0.25, -0.2) is 9.59 Å². The van der Waals surface area contributed by atoms with Crippen molar-refractivity contribution in [1.82, 2.24) is 9.55 Å². The van der Waals surface area contributed by atoms with Crippen LogP contribution in [-0.4, -0.2) is 41.5 Å². The molecule has 0 bridgehead atoms. The van der Waals surface area contributed by atoms with Crippen LogP contribution < -0.4 is 11.2 Å². The maximum absolute atomic E-state index is 15.9. The minimum atomic E-state index is -4.50. The van der Waals surface area contributed by atoms with E-state index in [4.69, 9.17) is 13.7 Å². The smallest absolute Gasteiger partial charge is 0.375 e. The second-order valence-electron chi connectivity index (χ2n) is 8.29. The Bertz CT molecular complexity index is 1230. The molecule has 1 aliphatic heterocycles. The molecule has 3 atom stereocenters. The summed E-state index contributed by atoms with van der Waals surface area (Å²) in [5.41, 5.74) is -2.58. The van der Waals surface area contributed by atoms with Gasteiger partial charge in [-0.15, -0.1) is 0 Å². The van der Waals surface area contributed by atoms with Crippen molar-refractivity contribution in [2.75, 3.05) is 0 Å². The van der Waals surface area contributed by atoms with Gasteiger partial charge in [0.15, 0.2) is 6.10 Å². The predicted molar refractivity (Wildman–Crippen MR) is 109 cm³/mol. The minimum absolute atomic E-state index is 0.121. The molecule has 2 aromatic rings. The second kappa shape index (κ2) is 8.26. The van der Waals surface area contributed by atoms with Gasteiger partial charge in [-0.3, -0.25) is 18.5 Å². The molecule has 0 unspecified atom stereocenters. The van der Waals surface area contributed by atoms with E-state index in [1.165, 1.54) is 52.0 Å². The van der Waals surface area contributed by atoms with Crippen molar-refractivity contribution < 1.29 is 31.3 Å². The summed E-state index contributed by atoms with van der Waals surface area (Å²) < 4.78 is 57.5. The zero-order chi connectivity index (χ0) is 23.9. The van der Waals surface area contributed by atoms with Crippen LogP contribution in [0.5, 0.6) is 0 Å². The Morgan fingerprint density at radius 1 is 1.25 bits per heavy atom. The van der Waals surface area contributed by atoms with Crippen LogP contribution in [0, 0.1) is 6.92 Å². The summed E-state index contributed by atoms with van der Waals surface area (Å²) in [6.07, 6.45) is -2.83. The first kappa shape index (κ1) is 23.8. The highest BCUT2D eigenvalue weighted by molar-refractivity contribution is 7.86. The van der Waals surface area contributed by atoms with Crippen molar-refractivity contribution in [3.8, 4) is 0 Å². The number of rotatable bonds is 5. The number of carbonyl (C=O) groups excluding carboxylic acids is 1. The quantitative estimate of drug-likeness (QED) is 0.514. The van der Waals surface area contributed by atoms with Crippen molar-refractivity contribution >= 4 is 16.1 Å². The number of aromatic amines is 1. The number of hydrogen-bond donors (Lipinski definition) is 1. The molecule has 0 radical (unpaired) electrons. The van der Waals surface area contributed by atoms with Crippen LogP contribution in [0.3, 0.4) is 0 Å². The SMILES string of the molecule is Cc1cn([C@H]2C[C@H](OS(=O)(=O)c3ccccc3)[C@](F)(C(=O)OC(C)(C)C)O2)c(=O)[nH]c1=O. The number of aryl methyl sites for hydroxylation is 1. The van der Waals surface area contributed by atoms with Gasteiger partial charge in [-0.05, 0) is 39.8 Å². The number of nitrogens with zero attached hydrogens (tertiary/aromatic N) is 1. The molecule has 1 fully saturated rings. The number of hydrogen-bond acceptors (Lipinski definition) is 8. The third kappa shape index (κ3) is 4.81. The Morgan fingerprint density at radius 3 is 2.47 bits per heavy atom. The number of benzene rings is 1. The van der Waals surface area contributed by atoms with Gasteiger partial charge in [-0.2, -0.15) is 12.8 Å². The lowest BCUT2D eigenvalue weighted by molar-refractivity contribution is -0.224. The summed E-state index contributed by atoms with van der Waals surface area (Å²) in [6.45, 7) is 5.89. The number of H-pyrrole nitrogens is 1. The zero-order valence-electron chi connectivity index (χ0n) is 17.8. The predicted octanol–water partition coefficient (Wildman–Crippen LogP) is 1.55. The molecular formula is C20H23FN2O8S. The third-order valence-electron chi connectivity index (χ3n) is 4.55. The Kier molecular flexibility index (Phi) is 6.15. The van der Waals surface area contributed by atoms with Gasteiger partial charge in [-0.1, -0.05) is 18.2 Å². The van der Waals surface area contributed by atoms with Crippen molar-refractivity contribution in [2.24, 2.45) is 0 Å². The molecule has 1 N–H and O–H groups in total. The lowest BCUT2D eigenvalue weighted by Gasteiger charge is -2.28. The van der Waals surface area contributed by atoms with E-state index in [0.717, 1.165) is 10.8 Å². The van der Waals surface area contributed by atoms with E-state index in [0.29, 0.717) is 0 Å². The van der Waals surface area contributed by atoms with Crippen molar-refractivity contribution in [3.05, 3.63) is 62.9 Å². The van der Waals surface area contributed by atoms with Gasteiger partial charge in [0.25, 0.3) is 15.7 Å². The molecule has 1 aromatic heterocycles. The molecule has 2 heterocycles. The Balaban J connectivity index is 2.02. The molecule has 10 nitrogen and oxygen atoms in total. The lowest BCUT2D eigenvalue weighted by Crippen LogP contribution is -2.48. The van der Waals surface area contributed by atoms with Crippen LogP contribution in [0.4, 0.5) is 4.39 Å². The van der Waals surface area contributed by atoms with E-state index in [2.05, 4.69) is 0 Å². The van der Waals surface area contributed by atoms with E-state index in [-0.39, 0.29) is 10.5 Å². The Hall–Kier alpha value is -2.83. The molecule has 0 saturated carbocycles. The summed E-state index contributed by atoms with van der Waals surface area (Å²) in [7, 11) is -4.50. The first-order chi connectivity index (χ1) is 14.7. The summed E-state index contributed by atoms with van der Waals surface area (Å²) in [6, 6.07) is 6.96. The molecule has 1 aliphatic rings. The van der Waals surface area contributed by atoms with Crippen LogP contribution in [0.2, 0.25) is 0 Å². The van der Waals surface area contributed by atoms with Crippen LogP contribution >= 0.6 is 0 Å². The zero-order valence-corrected chi connectivity index (χ0v) is 18.6. The molecule has 1 saturated heterocycles. The average molecular weight is 470 g/mol. The van der Waals surface area contributed by atoms with E-state index in [1.807, 2.05) is 4.98 Å². The highest BCUT2D eigenvalue weighted by atomic mass is 32.2. The maximum atomic E-state index is 15.9. The van der Waals surface area contributed by atoms with Crippen molar-refractivity contribution in [3.63, 3.8) is 0 Å². The third-order valence-corrected chi connectivity index (χ3v) is 5.88. The number of ether oxygens (including phenoxy) is 2. The fourth-order valence-corrected chi connectivity index (χ4v) is 4.16. The van der Waals surface area contributed by atoms with Crippen molar-refractivity contribution in [2.45, 2.75) is 62.8 Å². The molecule has 1 aromatic carbocycles. The molecular weight excluding hydrogens is 447 g/mol. The molecule has 0 spiro atoms. The van der Waals surface area contributed by atoms with Crippen LogP contribution in [0.1, 0.15) is 39.0 Å². The highest BCUT2D eigenvalue weighted by Crippen LogP contribution is 2.42. The van der Waals surface area contributed by atoms with E-state index >= 15 is 4.39 Å². The van der Waals surface area contributed by atoms with Gasteiger partial charge in [0.2, 0.25) is 0 Å². The topological polar surface area (TPSA) is 134 Å². The molecule has 174 valence electrons. The van der Waals surface area contributed by atoms with E-state index in [9.17, 15) is 22.8 Å². The molecule has 0 amide bonds. The van der Waals surface area contributed by atoms with Gasteiger partial charge < -0.3 is 9.47 Å². The molecule has 32 heavy (non-hydrogen) atoms. The normalized spacial score (nSPS) is 23.8. The fourth-order valence-electron chi connectivity index (χ4n) is 3.05. The van der Waals surface area contributed by atoms with Gasteiger partial charge in [0, 0.05) is 18.2 Å². The lowest BCUT2D eigenvalue weighted by atomic mass is 10.1. The van der Waals surface area contributed by atoms with Crippen LogP contribution in [0.25, 0.3) is 0 Å². The number of esters is 1. The van der Waals surface area contributed by atoms with Gasteiger partial charge >= 0.3 is 17.5 Å². The highest BCUT2D eigenvalue weighted by Gasteiger charge is 2.60. The molecule has 3 rings (SSSR count). The fraction of sp³-hybridized carbons (Fsp3) is 0.450. The summed E-state index contributed by atoms with van der Waals surface area (Å²) in [5.74, 6) is -4.85. The van der Waals surface area contributed by atoms with Gasteiger partial charge in [0.05, 0.1) is 4.90 Å². The van der Waals surface area contributed by atoms with E-state index in [1.54, 1.807) is 6.07 Å². The van der Waals surface area contributed by atoms with Crippen LogP contribution in [-0.2, 0) is 28.6 Å². The number of carbonyl (C=O) groups is 1. The number of alkyl halides is 1. The summed E-state index contributed by atoms with van der Waals surface area (Å²) in [5, 5.41) is 0. The Morgan fingerprint density at radius 2 is 1.88 bits per heavy atom. The first-order valence-corrected chi connectivity index (χ1v) is 11.0. The standard InChI is InChI=1S/C20H23FN2O8S/c1-12-11-23(18(26)22-16(12)24)15-10-14(20(21,29-15)17(25)30-19(2,3)4)31-32(27,28)13-8-6-5-7-9-13/h5-9,11,14-15H,10H2,1-4H3,(H,22,24,26)/t14-,15+,20+/m0/s1. The average Bonchev–Trinajstić information content (AvgIpc) is 3.01. The molecule has 12 heteroatoms. The first-order valence-electron chi connectivity index (χ1n) is 9.63.